The molecule has 4 amide bonds. The van der Waals surface area contributed by atoms with Gasteiger partial charge in [-0.3, -0.25) is 30.3 Å². The van der Waals surface area contributed by atoms with Crippen LogP contribution in [0.25, 0.3) is 6.08 Å². The molecule has 11 heteroatoms. The number of hydrogen-bond acceptors (Lipinski definition) is 7. The van der Waals surface area contributed by atoms with Crippen LogP contribution in [-0.4, -0.2) is 29.9 Å². The van der Waals surface area contributed by atoms with E-state index in [4.69, 9.17) is 9.47 Å². The summed E-state index contributed by atoms with van der Waals surface area (Å²) in [5, 5.41) is 14.7. The Morgan fingerprint density at radius 3 is 2.30 bits per heavy atom. The highest BCUT2D eigenvalue weighted by Crippen LogP contribution is 2.38. The van der Waals surface area contributed by atoms with Crippen LogP contribution in [0.2, 0.25) is 0 Å². The molecule has 1 heterocycles. The summed E-state index contributed by atoms with van der Waals surface area (Å²) in [6.45, 7) is 0.125. The van der Waals surface area contributed by atoms with E-state index >= 15 is 0 Å². The van der Waals surface area contributed by atoms with E-state index < -0.39 is 22.8 Å². The lowest BCUT2D eigenvalue weighted by Crippen LogP contribution is -2.51. The van der Waals surface area contributed by atoms with Gasteiger partial charge in [-0.15, -0.1) is 0 Å². The smallest absolute Gasteiger partial charge is 0.328 e. The van der Waals surface area contributed by atoms with Crippen LogP contribution in [-0.2, 0) is 16.2 Å². The summed E-state index contributed by atoms with van der Waals surface area (Å²) in [5.41, 5.74) is 0.910. The van der Waals surface area contributed by atoms with Crippen LogP contribution >= 0.6 is 15.9 Å². The third kappa shape index (κ3) is 4.63. The van der Waals surface area contributed by atoms with Crippen molar-refractivity contribution >= 4 is 45.5 Å². The molecular formula is C19H14BrN3O7. The van der Waals surface area contributed by atoms with Crippen LogP contribution in [0.4, 0.5) is 10.5 Å². The van der Waals surface area contributed by atoms with Gasteiger partial charge in [0, 0.05) is 12.1 Å². The number of nitro benzene ring substituents is 1. The molecule has 154 valence electrons. The Labute approximate surface area is 178 Å². The second kappa shape index (κ2) is 8.74. The molecule has 0 aliphatic carbocycles. The van der Waals surface area contributed by atoms with Gasteiger partial charge < -0.3 is 9.47 Å². The fourth-order valence-electron chi connectivity index (χ4n) is 2.61. The van der Waals surface area contributed by atoms with Crippen molar-refractivity contribution in [3.8, 4) is 11.5 Å². The first-order valence-corrected chi connectivity index (χ1v) is 9.20. The van der Waals surface area contributed by atoms with Crippen LogP contribution in [0, 0.1) is 10.1 Å². The maximum atomic E-state index is 11.9. The monoisotopic (exact) mass is 475 g/mol. The first kappa shape index (κ1) is 21.0. The van der Waals surface area contributed by atoms with Crippen molar-refractivity contribution in [1.29, 1.82) is 0 Å². The number of rotatable bonds is 6. The van der Waals surface area contributed by atoms with Gasteiger partial charge in [0.05, 0.1) is 16.5 Å². The van der Waals surface area contributed by atoms with Gasteiger partial charge in [-0.05, 0) is 57.4 Å². The fraction of sp³-hybridized carbons (Fsp3) is 0.105. The Hall–Kier alpha value is -3.73. The normalized spacial score (nSPS) is 13.4. The molecule has 0 aromatic heterocycles. The van der Waals surface area contributed by atoms with Gasteiger partial charge in [0.1, 0.15) is 12.2 Å². The summed E-state index contributed by atoms with van der Waals surface area (Å²) in [6, 6.07) is 8.21. The van der Waals surface area contributed by atoms with Crippen molar-refractivity contribution < 1.29 is 28.8 Å². The summed E-state index contributed by atoms with van der Waals surface area (Å²) in [7, 11) is 1.43. The van der Waals surface area contributed by atoms with E-state index in [1.54, 1.807) is 24.3 Å². The maximum Gasteiger partial charge on any atom is 0.328 e. The van der Waals surface area contributed by atoms with E-state index in [-0.39, 0.29) is 17.9 Å². The number of amides is 4. The van der Waals surface area contributed by atoms with Crippen molar-refractivity contribution in [3.05, 3.63) is 67.7 Å². The second-order valence-electron chi connectivity index (χ2n) is 6.04. The third-order valence-electron chi connectivity index (χ3n) is 4.04. The molecule has 0 atom stereocenters. The SMILES string of the molecule is COc1cc(C=C2C(=O)NC(=O)NC2=O)cc(Br)c1OCc1ccc([N+](=O)[O-])cc1. The molecule has 0 saturated carbocycles. The quantitative estimate of drug-likeness (QED) is 0.283. The van der Waals surface area contributed by atoms with Gasteiger partial charge in [-0.1, -0.05) is 0 Å². The number of barbiturate groups is 1. The molecule has 10 nitrogen and oxygen atoms in total. The Bertz CT molecular complexity index is 1060. The maximum absolute atomic E-state index is 11.9. The number of imide groups is 2. The van der Waals surface area contributed by atoms with Gasteiger partial charge in [0.25, 0.3) is 17.5 Å². The minimum Gasteiger partial charge on any atom is -0.493 e. The molecule has 2 aromatic rings. The lowest BCUT2D eigenvalue weighted by molar-refractivity contribution is -0.384. The van der Waals surface area contributed by atoms with E-state index in [0.717, 1.165) is 0 Å². The highest BCUT2D eigenvalue weighted by molar-refractivity contribution is 9.10. The number of nitro groups is 1. The molecule has 0 radical (unpaired) electrons. The van der Waals surface area contributed by atoms with Crippen molar-refractivity contribution in [3.63, 3.8) is 0 Å². The zero-order valence-electron chi connectivity index (χ0n) is 15.4. The van der Waals surface area contributed by atoms with Crippen LogP contribution in [0.3, 0.4) is 0 Å². The van der Waals surface area contributed by atoms with E-state index in [9.17, 15) is 24.5 Å². The predicted molar refractivity (Wildman–Crippen MR) is 108 cm³/mol. The largest absolute Gasteiger partial charge is 0.493 e. The number of nitrogens with one attached hydrogen (secondary N) is 2. The molecule has 3 rings (SSSR count). The summed E-state index contributed by atoms with van der Waals surface area (Å²) >= 11 is 3.37. The van der Waals surface area contributed by atoms with E-state index in [1.165, 1.54) is 25.3 Å². The van der Waals surface area contributed by atoms with Gasteiger partial charge >= 0.3 is 6.03 Å². The van der Waals surface area contributed by atoms with Crippen LogP contribution < -0.4 is 20.1 Å². The molecule has 1 saturated heterocycles. The van der Waals surface area contributed by atoms with E-state index in [1.807, 2.05) is 10.6 Å². The van der Waals surface area contributed by atoms with E-state index in [0.29, 0.717) is 27.1 Å². The fourth-order valence-corrected chi connectivity index (χ4v) is 3.18. The molecule has 0 spiro atoms. The van der Waals surface area contributed by atoms with Crippen molar-refractivity contribution in [2.24, 2.45) is 0 Å². The molecule has 1 aliphatic heterocycles. The Balaban J connectivity index is 1.83. The minimum atomic E-state index is -0.879. The average Bonchev–Trinajstić information content (AvgIpc) is 2.69. The van der Waals surface area contributed by atoms with E-state index in [2.05, 4.69) is 15.9 Å². The Morgan fingerprint density at radius 1 is 1.10 bits per heavy atom. The number of benzene rings is 2. The summed E-state index contributed by atoms with van der Waals surface area (Å²) < 4.78 is 11.6. The molecule has 1 fully saturated rings. The number of hydrogen-bond donors (Lipinski definition) is 2. The number of carbonyl (C=O) groups is 3. The number of carbonyl (C=O) groups excluding carboxylic acids is 3. The third-order valence-corrected chi connectivity index (χ3v) is 4.63. The van der Waals surface area contributed by atoms with Gasteiger partial charge in [-0.25, -0.2) is 4.79 Å². The number of methoxy groups -OCH3 is 1. The van der Waals surface area contributed by atoms with Crippen LogP contribution in [0.1, 0.15) is 11.1 Å². The summed E-state index contributed by atoms with van der Waals surface area (Å²) in [5.74, 6) is -0.925. The first-order chi connectivity index (χ1) is 14.3. The summed E-state index contributed by atoms with van der Waals surface area (Å²) in [6.07, 6.45) is 1.31. The Kier molecular flexibility index (Phi) is 6.11. The average molecular weight is 476 g/mol. The molecular weight excluding hydrogens is 462 g/mol. The van der Waals surface area contributed by atoms with Crippen LogP contribution in [0.15, 0.2) is 46.4 Å². The zero-order valence-corrected chi connectivity index (χ0v) is 17.0. The second-order valence-corrected chi connectivity index (χ2v) is 6.90. The number of non-ortho nitro benzene ring substituents is 1. The zero-order chi connectivity index (χ0) is 21.8. The Morgan fingerprint density at radius 2 is 1.73 bits per heavy atom. The minimum absolute atomic E-state index is 0.0209. The molecule has 30 heavy (non-hydrogen) atoms. The topological polar surface area (TPSA) is 137 Å². The van der Waals surface area contributed by atoms with Crippen molar-refractivity contribution in [2.75, 3.05) is 7.11 Å². The molecule has 2 aromatic carbocycles. The van der Waals surface area contributed by atoms with Crippen LogP contribution in [0.5, 0.6) is 11.5 Å². The molecule has 0 unspecified atom stereocenters. The number of nitrogens with zero attached hydrogens (tertiary/aromatic N) is 1. The number of urea groups is 1. The highest BCUT2D eigenvalue weighted by atomic mass is 79.9. The predicted octanol–water partition coefficient (Wildman–Crippen LogP) is 2.69. The summed E-state index contributed by atoms with van der Waals surface area (Å²) in [4.78, 5) is 45.2. The van der Waals surface area contributed by atoms with Gasteiger partial charge in [0.2, 0.25) is 0 Å². The number of halogens is 1. The standard InChI is InChI=1S/C19H14BrN3O7/c1-29-15-8-11(6-13-17(24)21-19(26)22-18(13)25)7-14(20)16(15)30-9-10-2-4-12(5-3-10)23(27)28/h2-8H,9H2,1H3,(H2,21,22,24,25,26). The van der Waals surface area contributed by atoms with Crippen molar-refractivity contribution in [2.45, 2.75) is 6.61 Å². The highest BCUT2D eigenvalue weighted by Gasteiger charge is 2.27. The first-order valence-electron chi connectivity index (χ1n) is 8.40. The number of ether oxygens (including phenoxy) is 2. The molecule has 2 N–H and O–H groups in total. The van der Waals surface area contributed by atoms with Gasteiger partial charge in [0.15, 0.2) is 11.5 Å². The lowest BCUT2D eigenvalue weighted by Gasteiger charge is -2.16. The molecule has 0 bridgehead atoms. The lowest BCUT2D eigenvalue weighted by atomic mass is 10.1. The van der Waals surface area contributed by atoms with Crippen molar-refractivity contribution in [1.82, 2.24) is 10.6 Å². The van der Waals surface area contributed by atoms with Gasteiger partial charge in [-0.2, -0.15) is 0 Å². The molecule has 1 aliphatic rings.